The number of carbonyl (C=O) groups is 1. The van der Waals surface area contributed by atoms with Crippen LogP contribution in [-0.4, -0.2) is 32.3 Å². The summed E-state index contributed by atoms with van der Waals surface area (Å²) < 4.78 is 1.70. The van der Waals surface area contributed by atoms with Crippen LogP contribution in [0.2, 0.25) is 0 Å². The van der Waals surface area contributed by atoms with Gasteiger partial charge in [0.25, 0.3) is 0 Å². The minimum Gasteiger partial charge on any atom is -0.330 e. The number of carbonyl (C=O) groups excluding carboxylic acids is 1. The van der Waals surface area contributed by atoms with Crippen LogP contribution in [0.5, 0.6) is 0 Å². The summed E-state index contributed by atoms with van der Waals surface area (Å²) in [5, 5.41) is 10.5. The molecule has 0 radical (unpaired) electrons. The molecule has 1 amide bonds. The zero-order valence-corrected chi connectivity index (χ0v) is 15.5. The molecule has 6 heteroatoms. The Bertz CT molecular complexity index is 1100. The Labute approximate surface area is 160 Å². The lowest BCUT2D eigenvalue weighted by Crippen LogP contribution is -2.41. The van der Waals surface area contributed by atoms with Crippen LogP contribution in [0, 0.1) is 0 Å². The van der Waals surface area contributed by atoms with Crippen molar-refractivity contribution in [2.75, 3.05) is 6.54 Å². The Balaban J connectivity index is 1.50. The number of hydrogen-bond acceptors (Lipinski definition) is 4. The van der Waals surface area contributed by atoms with Crippen LogP contribution < -0.4 is 0 Å². The average Bonchev–Trinajstić information content (AvgIpc) is 3.35. The lowest BCUT2D eigenvalue weighted by Gasteiger charge is -2.36. The summed E-state index contributed by atoms with van der Waals surface area (Å²) in [6.45, 7) is 0.919. The van der Waals surface area contributed by atoms with E-state index in [-0.39, 0.29) is 18.5 Å². The van der Waals surface area contributed by atoms with Crippen molar-refractivity contribution in [1.29, 1.82) is 0 Å². The van der Waals surface area contributed by atoms with E-state index < -0.39 is 0 Å². The molecule has 5 rings (SSSR count). The van der Waals surface area contributed by atoms with E-state index in [9.17, 15) is 4.79 Å². The molecule has 2 aromatic carbocycles. The maximum Gasteiger partial charge on any atom is 0.245 e. The second kappa shape index (κ2) is 6.63. The van der Waals surface area contributed by atoms with Gasteiger partial charge in [0.2, 0.25) is 5.91 Å². The standard InChI is InChI=1S/C21H18N4OS/c26-20(14-25-18-9-5-4-8-17(18)22-23-25)24-12-10-19-16(11-13-27-19)21(24)15-6-2-1-3-7-15/h1-9,11,13,21H,10,12,14H2/t21-/m1/s1. The van der Waals surface area contributed by atoms with Crippen molar-refractivity contribution in [3.05, 3.63) is 82.0 Å². The van der Waals surface area contributed by atoms with Gasteiger partial charge in [0, 0.05) is 11.4 Å². The van der Waals surface area contributed by atoms with Crippen molar-refractivity contribution in [2.24, 2.45) is 0 Å². The van der Waals surface area contributed by atoms with Crippen LogP contribution in [0.3, 0.4) is 0 Å². The van der Waals surface area contributed by atoms with Gasteiger partial charge >= 0.3 is 0 Å². The Morgan fingerprint density at radius 2 is 1.89 bits per heavy atom. The summed E-state index contributed by atoms with van der Waals surface area (Å²) in [4.78, 5) is 16.6. The molecule has 0 bridgehead atoms. The van der Waals surface area contributed by atoms with Crippen molar-refractivity contribution in [2.45, 2.75) is 19.0 Å². The molecular formula is C21H18N4OS. The van der Waals surface area contributed by atoms with Gasteiger partial charge in [-0.3, -0.25) is 4.79 Å². The summed E-state index contributed by atoms with van der Waals surface area (Å²) in [6.07, 6.45) is 0.903. The van der Waals surface area contributed by atoms with Gasteiger partial charge in [0.1, 0.15) is 12.1 Å². The van der Waals surface area contributed by atoms with E-state index in [1.165, 1.54) is 10.4 Å². The highest BCUT2D eigenvalue weighted by Crippen LogP contribution is 2.37. The van der Waals surface area contributed by atoms with Crippen LogP contribution in [-0.2, 0) is 17.8 Å². The number of amides is 1. The number of aromatic nitrogens is 3. The fraction of sp³-hybridized carbons (Fsp3) is 0.190. The maximum atomic E-state index is 13.3. The molecule has 0 unspecified atom stereocenters. The third kappa shape index (κ3) is 2.82. The molecule has 0 fully saturated rings. The Kier molecular flexibility index (Phi) is 3.98. The Morgan fingerprint density at radius 3 is 2.78 bits per heavy atom. The predicted octanol–water partition coefficient (Wildman–Crippen LogP) is 3.67. The van der Waals surface area contributed by atoms with Gasteiger partial charge in [-0.05, 0) is 41.1 Å². The summed E-state index contributed by atoms with van der Waals surface area (Å²) in [7, 11) is 0. The molecule has 27 heavy (non-hydrogen) atoms. The predicted molar refractivity (Wildman–Crippen MR) is 106 cm³/mol. The van der Waals surface area contributed by atoms with E-state index in [1.807, 2.05) is 47.4 Å². The number of hydrogen-bond donors (Lipinski definition) is 0. The van der Waals surface area contributed by atoms with Crippen molar-refractivity contribution in [1.82, 2.24) is 19.9 Å². The molecule has 5 nitrogen and oxygen atoms in total. The number of nitrogens with zero attached hydrogens (tertiary/aromatic N) is 4. The van der Waals surface area contributed by atoms with Crippen LogP contribution in [0.4, 0.5) is 0 Å². The van der Waals surface area contributed by atoms with Gasteiger partial charge < -0.3 is 4.90 Å². The fourth-order valence-electron chi connectivity index (χ4n) is 3.83. The van der Waals surface area contributed by atoms with Gasteiger partial charge in [-0.15, -0.1) is 16.4 Å². The topological polar surface area (TPSA) is 51.0 Å². The lowest BCUT2D eigenvalue weighted by atomic mass is 9.93. The normalized spacial score (nSPS) is 16.4. The molecule has 0 saturated heterocycles. The third-order valence-electron chi connectivity index (χ3n) is 5.11. The van der Waals surface area contributed by atoms with Gasteiger partial charge in [-0.1, -0.05) is 47.7 Å². The lowest BCUT2D eigenvalue weighted by molar-refractivity contribution is -0.134. The zero-order valence-electron chi connectivity index (χ0n) is 14.7. The third-order valence-corrected chi connectivity index (χ3v) is 6.10. The highest BCUT2D eigenvalue weighted by atomic mass is 32.1. The number of thiophene rings is 1. The fourth-order valence-corrected chi connectivity index (χ4v) is 4.74. The Hall–Kier alpha value is -2.99. The van der Waals surface area contributed by atoms with Gasteiger partial charge in [-0.2, -0.15) is 0 Å². The number of fused-ring (bicyclic) bond motifs is 2. The first kappa shape index (κ1) is 16.2. The first-order valence-corrected chi connectivity index (χ1v) is 9.88. The summed E-state index contributed by atoms with van der Waals surface area (Å²) in [5.74, 6) is 0.0661. The zero-order chi connectivity index (χ0) is 18.2. The molecule has 1 aliphatic rings. The molecule has 0 aliphatic carbocycles. The van der Waals surface area contributed by atoms with E-state index in [2.05, 4.69) is 33.9 Å². The van der Waals surface area contributed by atoms with Gasteiger partial charge in [-0.25, -0.2) is 4.68 Å². The highest BCUT2D eigenvalue weighted by molar-refractivity contribution is 7.10. The molecule has 1 aliphatic heterocycles. The van der Waals surface area contributed by atoms with Crippen molar-refractivity contribution >= 4 is 28.3 Å². The molecule has 3 heterocycles. The highest BCUT2D eigenvalue weighted by Gasteiger charge is 2.32. The smallest absolute Gasteiger partial charge is 0.245 e. The Morgan fingerprint density at radius 1 is 1.07 bits per heavy atom. The molecule has 134 valence electrons. The summed E-state index contributed by atoms with van der Waals surface area (Å²) in [6, 6.07) is 20.1. The van der Waals surface area contributed by atoms with Crippen LogP contribution in [0.25, 0.3) is 11.0 Å². The molecule has 0 spiro atoms. The van der Waals surface area contributed by atoms with Gasteiger partial charge in [0.05, 0.1) is 11.6 Å². The van der Waals surface area contributed by atoms with E-state index in [0.29, 0.717) is 0 Å². The molecule has 0 saturated carbocycles. The minimum absolute atomic E-state index is 0.0384. The molecule has 1 atom stereocenters. The van der Waals surface area contributed by atoms with Crippen LogP contribution in [0.15, 0.2) is 66.0 Å². The van der Waals surface area contributed by atoms with E-state index in [4.69, 9.17) is 0 Å². The maximum absolute atomic E-state index is 13.3. The van der Waals surface area contributed by atoms with Crippen molar-refractivity contribution in [3.8, 4) is 0 Å². The number of para-hydroxylation sites is 1. The number of rotatable bonds is 3. The van der Waals surface area contributed by atoms with Crippen molar-refractivity contribution in [3.63, 3.8) is 0 Å². The summed E-state index contributed by atoms with van der Waals surface area (Å²) >= 11 is 1.78. The molecule has 0 N–H and O–H groups in total. The minimum atomic E-state index is -0.0384. The summed E-state index contributed by atoms with van der Waals surface area (Å²) in [5.41, 5.74) is 4.09. The molecule has 2 aromatic heterocycles. The van der Waals surface area contributed by atoms with Crippen LogP contribution in [0.1, 0.15) is 22.0 Å². The number of benzene rings is 2. The van der Waals surface area contributed by atoms with E-state index in [0.717, 1.165) is 29.6 Å². The van der Waals surface area contributed by atoms with Crippen molar-refractivity contribution < 1.29 is 4.79 Å². The second-order valence-corrected chi connectivity index (χ2v) is 7.69. The van der Waals surface area contributed by atoms with Crippen LogP contribution >= 0.6 is 11.3 Å². The monoisotopic (exact) mass is 374 g/mol. The van der Waals surface area contributed by atoms with Gasteiger partial charge in [0.15, 0.2) is 0 Å². The molecule has 4 aromatic rings. The first-order valence-electron chi connectivity index (χ1n) is 9.00. The van der Waals surface area contributed by atoms with E-state index in [1.54, 1.807) is 16.0 Å². The largest absolute Gasteiger partial charge is 0.330 e. The quantitative estimate of drug-likeness (QED) is 0.550. The molecular weight excluding hydrogens is 356 g/mol. The second-order valence-electron chi connectivity index (χ2n) is 6.69. The SMILES string of the molecule is O=C(Cn1nnc2ccccc21)N1CCc2sccc2[C@H]1c1ccccc1. The van der Waals surface area contributed by atoms with E-state index >= 15 is 0 Å². The average molecular weight is 374 g/mol. The first-order chi connectivity index (χ1) is 13.3.